The van der Waals surface area contributed by atoms with Crippen molar-refractivity contribution in [3.05, 3.63) is 73.6 Å². The van der Waals surface area contributed by atoms with Crippen molar-refractivity contribution in [2.75, 3.05) is 0 Å². The average Bonchev–Trinajstić information content (AvgIpc) is 2.99. The minimum absolute atomic E-state index is 0.927. The Labute approximate surface area is 121 Å². The molecule has 0 aliphatic rings. The summed E-state index contributed by atoms with van der Waals surface area (Å²) < 4.78 is 2.03. The summed E-state index contributed by atoms with van der Waals surface area (Å²) in [7, 11) is 0. The zero-order chi connectivity index (χ0) is 14.1. The van der Waals surface area contributed by atoms with Gasteiger partial charge in [-0.15, -0.1) is 0 Å². The molecule has 0 saturated heterocycles. The lowest BCUT2D eigenvalue weighted by Crippen LogP contribution is -1.84. The van der Waals surface area contributed by atoms with Crippen LogP contribution in [0.15, 0.2) is 73.6 Å². The highest BCUT2D eigenvalue weighted by atomic mass is 15.0. The molecule has 0 unspecified atom stereocenters. The third-order valence-electron chi connectivity index (χ3n) is 3.45. The maximum atomic E-state index is 4.69. The molecule has 0 saturated carbocycles. The largest absolute Gasteiger partial charge is 0.306 e. The molecule has 0 N–H and O–H groups in total. The van der Waals surface area contributed by atoms with Gasteiger partial charge in [-0.3, -0.25) is 9.97 Å². The van der Waals surface area contributed by atoms with Gasteiger partial charge in [-0.2, -0.15) is 0 Å². The van der Waals surface area contributed by atoms with Gasteiger partial charge in [0.15, 0.2) is 0 Å². The predicted octanol–water partition coefficient (Wildman–Crippen LogP) is 3.46. The molecule has 0 amide bonds. The minimum atomic E-state index is 0.927. The summed E-state index contributed by atoms with van der Waals surface area (Å²) in [5, 5.41) is 0. The number of rotatable bonds is 2. The molecule has 0 bridgehead atoms. The van der Waals surface area contributed by atoms with E-state index in [1.165, 1.54) is 0 Å². The molecule has 0 aliphatic carbocycles. The highest BCUT2D eigenvalue weighted by Crippen LogP contribution is 2.23. The third-order valence-corrected chi connectivity index (χ3v) is 3.45. The molecule has 0 aromatic carbocycles. The number of aromatic nitrogens is 4. The molecular weight excluding hydrogens is 260 g/mol. The molecule has 0 spiro atoms. The van der Waals surface area contributed by atoms with E-state index in [1.807, 2.05) is 41.1 Å². The van der Waals surface area contributed by atoms with Gasteiger partial charge < -0.3 is 4.40 Å². The molecule has 4 aromatic heterocycles. The first-order chi connectivity index (χ1) is 10.4. The van der Waals surface area contributed by atoms with Crippen LogP contribution in [-0.2, 0) is 0 Å². The summed E-state index contributed by atoms with van der Waals surface area (Å²) in [4.78, 5) is 12.8. The van der Waals surface area contributed by atoms with Crippen molar-refractivity contribution >= 4 is 5.65 Å². The number of pyridine rings is 3. The Morgan fingerprint density at radius 2 is 1.38 bits per heavy atom. The van der Waals surface area contributed by atoms with Gasteiger partial charge in [0.05, 0.1) is 5.69 Å². The second-order valence-corrected chi connectivity index (χ2v) is 4.78. The fraction of sp³-hybridized carbons (Fsp3) is 0. The lowest BCUT2D eigenvalue weighted by molar-refractivity contribution is 1.19. The molecule has 0 atom stereocenters. The molecule has 4 heteroatoms. The Hall–Kier alpha value is -3.01. The smallest absolute Gasteiger partial charge is 0.138 e. The highest BCUT2D eigenvalue weighted by Gasteiger charge is 2.05. The monoisotopic (exact) mass is 272 g/mol. The lowest BCUT2D eigenvalue weighted by atomic mass is 10.1. The predicted molar refractivity (Wildman–Crippen MR) is 81.7 cm³/mol. The summed E-state index contributed by atoms with van der Waals surface area (Å²) >= 11 is 0. The van der Waals surface area contributed by atoms with Crippen LogP contribution in [0.5, 0.6) is 0 Å². The van der Waals surface area contributed by atoms with Crippen LogP contribution in [0, 0.1) is 0 Å². The van der Waals surface area contributed by atoms with Crippen LogP contribution in [-0.4, -0.2) is 19.4 Å². The molecule has 0 fully saturated rings. The zero-order valence-electron chi connectivity index (χ0n) is 11.2. The third kappa shape index (κ3) is 2.17. The molecule has 4 nitrogen and oxygen atoms in total. The van der Waals surface area contributed by atoms with Crippen LogP contribution in [0.25, 0.3) is 28.0 Å². The number of imidazole rings is 1. The zero-order valence-corrected chi connectivity index (χ0v) is 11.2. The molecule has 0 aliphatic heterocycles. The molecule has 4 aromatic rings. The van der Waals surface area contributed by atoms with Crippen LogP contribution < -0.4 is 0 Å². The molecule has 100 valence electrons. The van der Waals surface area contributed by atoms with Gasteiger partial charge in [0, 0.05) is 42.7 Å². The molecular formula is C17H12N4. The molecule has 4 rings (SSSR count). The number of hydrogen-bond donors (Lipinski definition) is 0. The Balaban J connectivity index is 1.82. The van der Waals surface area contributed by atoms with Crippen molar-refractivity contribution < 1.29 is 0 Å². The van der Waals surface area contributed by atoms with Gasteiger partial charge in [0.1, 0.15) is 5.65 Å². The van der Waals surface area contributed by atoms with Crippen LogP contribution in [0.3, 0.4) is 0 Å². The Bertz CT molecular complexity index is 845. The maximum Gasteiger partial charge on any atom is 0.138 e. The van der Waals surface area contributed by atoms with Gasteiger partial charge in [0.2, 0.25) is 0 Å². The van der Waals surface area contributed by atoms with E-state index in [0.717, 1.165) is 28.0 Å². The van der Waals surface area contributed by atoms with Crippen molar-refractivity contribution in [2.24, 2.45) is 0 Å². The minimum Gasteiger partial charge on any atom is -0.306 e. The summed E-state index contributed by atoms with van der Waals surface area (Å²) in [6.07, 6.45) is 11.2. The van der Waals surface area contributed by atoms with Crippen molar-refractivity contribution in [1.29, 1.82) is 0 Å². The van der Waals surface area contributed by atoms with E-state index in [4.69, 9.17) is 0 Å². The van der Waals surface area contributed by atoms with Crippen molar-refractivity contribution in [3.8, 4) is 22.4 Å². The molecule has 4 heterocycles. The van der Waals surface area contributed by atoms with E-state index in [2.05, 4.69) is 27.1 Å². The van der Waals surface area contributed by atoms with Gasteiger partial charge in [-0.05, 0) is 47.5 Å². The number of hydrogen-bond acceptors (Lipinski definition) is 3. The quantitative estimate of drug-likeness (QED) is 0.561. The van der Waals surface area contributed by atoms with Gasteiger partial charge in [0.25, 0.3) is 0 Å². The van der Waals surface area contributed by atoms with E-state index >= 15 is 0 Å². The topological polar surface area (TPSA) is 43.1 Å². The van der Waals surface area contributed by atoms with E-state index in [-0.39, 0.29) is 0 Å². The van der Waals surface area contributed by atoms with Crippen molar-refractivity contribution in [2.45, 2.75) is 0 Å². The van der Waals surface area contributed by atoms with E-state index in [9.17, 15) is 0 Å². The first-order valence-corrected chi connectivity index (χ1v) is 6.70. The van der Waals surface area contributed by atoms with Crippen molar-refractivity contribution in [1.82, 2.24) is 19.4 Å². The lowest BCUT2D eigenvalue weighted by Gasteiger charge is -2.01. The summed E-state index contributed by atoms with van der Waals surface area (Å²) in [6.45, 7) is 0. The van der Waals surface area contributed by atoms with E-state index in [1.54, 1.807) is 24.8 Å². The first-order valence-electron chi connectivity index (χ1n) is 6.70. The van der Waals surface area contributed by atoms with E-state index in [0.29, 0.717) is 0 Å². The SMILES string of the molecule is c1cc(-c2ccn3cc(-c4ccncc4)nc3c2)ccn1. The van der Waals surface area contributed by atoms with Gasteiger partial charge in [-0.1, -0.05) is 0 Å². The normalized spacial score (nSPS) is 10.9. The van der Waals surface area contributed by atoms with E-state index < -0.39 is 0 Å². The maximum absolute atomic E-state index is 4.69. The highest BCUT2D eigenvalue weighted by molar-refractivity contribution is 5.69. The van der Waals surface area contributed by atoms with Crippen LogP contribution in [0.2, 0.25) is 0 Å². The Morgan fingerprint density at radius 3 is 2.10 bits per heavy atom. The second kappa shape index (κ2) is 4.83. The van der Waals surface area contributed by atoms with Crippen LogP contribution in [0.4, 0.5) is 0 Å². The van der Waals surface area contributed by atoms with Crippen LogP contribution in [0.1, 0.15) is 0 Å². The molecule has 0 radical (unpaired) electrons. The Kier molecular flexibility index (Phi) is 2.71. The van der Waals surface area contributed by atoms with Crippen LogP contribution >= 0.6 is 0 Å². The van der Waals surface area contributed by atoms with Crippen molar-refractivity contribution in [3.63, 3.8) is 0 Å². The summed E-state index contributed by atoms with van der Waals surface area (Å²) in [5.74, 6) is 0. The number of nitrogens with zero attached hydrogens (tertiary/aromatic N) is 4. The fourth-order valence-electron chi connectivity index (χ4n) is 2.37. The Morgan fingerprint density at radius 1 is 0.714 bits per heavy atom. The standard InChI is InChI=1S/C17H12N4/c1-6-18-7-2-13(1)15-5-10-21-12-16(20-17(21)11-15)14-3-8-19-9-4-14/h1-12H. The number of fused-ring (bicyclic) bond motifs is 1. The van der Waals surface area contributed by atoms with Gasteiger partial charge >= 0.3 is 0 Å². The molecule has 21 heavy (non-hydrogen) atoms. The first kappa shape index (κ1) is 11.8. The second-order valence-electron chi connectivity index (χ2n) is 4.78. The average molecular weight is 272 g/mol. The summed E-state index contributed by atoms with van der Waals surface area (Å²) in [6, 6.07) is 12.1. The summed E-state index contributed by atoms with van der Waals surface area (Å²) in [5.41, 5.74) is 5.22. The fourth-order valence-corrected chi connectivity index (χ4v) is 2.37. The van der Waals surface area contributed by atoms with Gasteiger partial charge in [-0.25, -0.2) is 4.98 Å².